The molecule has 0 bridgehead atoms. The monoisotopic (exact) mass is 258 g/mol. The predicted molar refractivity (Wildman–Crippen MR) is 70.7 cm³/mol. The Morgan fingerprint density at radius 2 is 1.79 bits per heavy atom. The van der Waals surface area contributed by atoms with E-state index in [-0.39, 0.29) is 12.2 Å². The summed E-state index contributed by atoms with van der Waals surface area (Å²) in [6, 6.07) is 13.6. The Labute approximate surface area is 110 Å². The summed E-state index contributed by atoms with van der Waals surface area (Å²) in [7, 11) is 0. The van der Waals surface area contributed by atoms with Gasteiger partial charge < -0.3 is 14.9 Å². The van der Waals surface area contributed by atoms with Gasteiger partial charge in [-0.1, -0.05) is 18.2 Å². The molecule has 0 radical (unpaired) electrons. The maximum atomic E-state index is 10.8. The fourth-order valence-corrected chi connectivity index (χ4v) is 1.68. The molecular weight excluding hydrogens is 244 g/mol. The molecule has 0 aliphatic rings. The molecular formula is C15H14O4. The molecule has 0 saturated heterocycles. The van der Waals surface area contributed by atoms with Crippen LogP contribution in [0, 0.1) is 0 Å². The molecule has 2 N–H and O–H groups in total. The summed E-state index contributed by atoms with van der Waals surface area (Å²) in [5, 5.41) is 17.7. The van der Waals surface area contributed by atoms with Crippen LogP contribution in [0.2, 0.25) is 0 Å². The number of hydrogen-bond donors (Lipinski definition) is 2. The zero-order valence-electron chi connectivity index (χ0n) is 10.2. The molecule has 98 valence electrons. The standard InChI is InChI=1S/C15H14O4/c16-9-8-11-4-6-13(7-5-11)19-14-3-1-2-12(10-14)15(17)18/h1-7,10,16H,8-9H2,(H,17,18). The highest BCUT2D eigenvalue weighted by Gasteiger charge is 2.04. The average Bonchev–Trinajstić information content (AvgIpc) is 2.42. The normalized spacial score (nSPS) is 10.2. The molecule has 0 saturated carbocycles. The van der Waals surface area contributed by atoms with E-state index in [0.717, 1.165) is 5.56 Å². The van der Waals surface area contributed by atoms with Gasteiger partial charge in [-0.2, -0.15) is 0 Å². The molecule has 2 rings (SSSR count). The van der Waals surface area contributed by atoms with Gasteiger partial charge >= 0.3 is 5.97 Å². The number of rotatable bonds is 5. The number of benzene rings is 2. The van der Waals surface area contributed by atoms with Crippen LogP contribution >= 0.6 is 0 Å². The number of carboxylic acid groups (broad SMARTS) is 1. The van der Waals surface area contributed by atoms with E-state index >= 15 is 0 Å². The summed E-state index contributed by atoms with van der Waals surface area (Å²) >= 11 is 0. The van der Waals surface area contributed by atoms with Crippen LogP contribution in [0.1, 0.15) is 15.9 Å². The lowest BCUT2D eigenvalue weighted by molar-refractivity contribution is 0.0696. The van der Waals surface area contributed by atoms with Crippen LogP contribution in [0.4, 0.5) is 0 Å². The number of aliphatic hydroxyl groups excluding tert-OH is 1. The number of aliphatic hydroxyl groups is 1. The van der Waals surface area contributed by atoms with Crippen molar-refractivity contribution in [3.05, 3.63) is 59.7 Å². The molecule has 0 aromatic heterocycles. The lowest BCUT2D eigenvalue weighted by Crippen LogP contribution is -1.96. The van der Waals surface area contributed by atoms with Gasteiger partial charge in [-0.25, -0.2) is 4.79 Å². The topological polar surface area (TPSA) is 66.8 Å². The van der Waals surface area contributed by atoms with Gasteiger partial charge in [-0.05, 0) is 42.3 Å². The van der Waals surface area contributed by atoms with Crippen LogP contribution in [0.25, 0.3) is 0 Å². The van der Waals surface area contributed by atoms with E-state index in [1.807, 2.05) is 12.1 Å². The Morgan fingerprint density at radius 3 is 2.42 bits per heavy atom. The summed E-state index contributed by atoms with van der Waals surface area (Å²) in [5.74, 6) is 0.128. The fraction of sp³-hybridized carbons (Fsp3) is 0.133. The molecule has 0 atom stereocenters. The number of carboxylic acids is 1. The lowest BCUT2D eigenvalue weighted by Gasteiger charge is -2.07. The van der Waals surface area contributed by atoms with Crippen LogP contribution in [-0.4, -0.2) is 22.8 Å². The highest BCUT2D eigenvalue weighted by molar-refractivity contribution is 5.88. The Hall–Kier alpha value is -2.33. The van der Waals surface area contributed by atoms with Gasteiger partial charge in [0.25, 0.3) is 0 Å². The Kier molecular flexibility index (Phi) is 4.15. The second kappa shape index (κ2) is 6.02. The Balaban J connectivity index is 2.12. The first-order valence-electron chi connectivity index (χ1n) is 5.90. The molecule has 0 amide bonds. The predicted octanol–water partition coefficient (Wildman–Crippen LogP) is 2.71. The zero-order chi connectivity index (χ0) is 13.7. The van der Waals surface area contributed by atoms with Gasteiger partial charge in [0.15, 0.2) is 0 Å². The Morgan fingerprint density at radius 1 is 1.05 bits per heavy atom. The van der Waals surface area contributed by atoms with Crippen molar-refractivity contribution in [2.24, 2.45) is 0 Å². The number of ether oxygens (including phenoxy) is 1. The maximum absolute atomic E-state index is 10.8. The summed E-state index contributed by atoms with van der Waals surface area (Å²) < 4.78 is 5.58. The molecule has 4 heteroatoms. The van der Waals surface area contributed by atoms with Gasteiger partial charge in [0.1, 0.15) is 11.5 Å². The largest absolute Gasteiger partial charge is 0.478 e. The Bertz CT molecular complexity index is 561. The van der Waals surface area contributed by atoms with Crippen LogP contribution in [0.5, 0.6) is 11.5 Å². The van der Waals surface area contributed by atoms with E-state index in [0.29, 0.717) is 17.9 Å². The molecule has 0 fully saturated rings. The van der Waals surface area contributed by atoms with Crippen molar-refractivity contribution in [2.75, 3.05) is 6.61 Å². The molecule has 0 spiro atoms. The van der Waals surface area contributed by atoms with Crippen LogP contribution in [0.15, 0.2) is 48.5 Å². The fourth-order valence-electron chi connectivity index (χ4n) is 1.68. The van der Waals surface area contributed by atoms with E-state index < -0.39 is 5.97 Å². The highest BCUT2D eigenvalue weighted by Crippen LogP contribution is 2.22. The first-order chi connectivity index (χ1) is 9.19. The number of carbonyl (C=O) groups is 1. The van der Waals surface area contributed by atoms with Gasteiger partial charge in [0.2, 0.25) is 0 Å². The molecule has 0 aliphatic heterocycles. The van der Waals surface area contributed by atoms with E-state index in [4.69, 9.17) is 14.9 Å². The molecule has 2 aromatic carbocycles. The van der Waals surface area contributed by atoms with E-state index in [1.54, 1.807) is 24.3 Å². The molecule has 2 aromatic rings. The summed E-state index contributed by atoms with van der Waals surface area (Å²) in [6.45, 7) is 0.112. The number of hydrogen-bond acceptors (Lipinski definition) is 3. The van der Waals surface area contributed by atoms with E-state index in [9.17, 15) is 4.79 Å². The second-order valence-corrected chi connectivity index (χ2v) is 4.05. The molecule has 0 unspecified atom stereocenters. The lowest BCUT2D eigenvalue weighted by atomic mass is 10.1. The van der Waals surface area contributed by atoms with Gasteiger partial charge in [0.05, 0.1) is 5.56 Å². The van der Waals surface area contributed by atoms with Crippen molar-refractivity contribution < 1.29 is 19.7 Å². The minimum atomic E-state index is -0.983. The maximum Gasteiger partial charge on any atom is 0.335 e. The van der Waals surface area contributed by atoms with Crippen molar-refractivity contribution in [2.45, 2.75) is 6.42 Å². The van der Waals surface area contributed by atoms with Crippen molar-refractivity contribution in [1.29, 1.82) is 0 Å². The van der Waals surface area contributed by atoms with Crippen LogP contribution in [0.3, 0.4) is 0 Å². The third-order valence-corrected chi connectivity index (χ3v) is 2.64. The highest BCUT2D eigenvalue weighted by atomic mass is 16.5. The average molecular weight is 258 g/mol. The SMILES string of the molecule is O=C(O)c1cccc(Oc2ccc(CCO)cc2)c1. The smallest absolute Gasteiger partial charge is 0.335 e. The molecule has 4 nitrogen and oxygen atoms in total. The van der Waals surface area contributed by atoms with Gasteiger partial charge in [0, 0.05) is 6.61 Å². The van der Waals surface area contributed by atoms with Crippen LogP contribution in [-0.2, 0) is 6.42 Å². The summed E-state index contributed by atoms with van der Waals surface area (Å²) in [4.78, 5) is 10.8. The summed E-state index contributed by atoms with van der Waals surface area (Å²) in [5.41, 5.74) is 1.21. The van der Waals surface area contributed by atoms with Crippen molar-refractivity contribution in [3.63, 3.8) is 0 Å². The quantitative estimate of drug-likeness (QED) is 0.865. The zero-order valence-corrected chi connectivity index (χ0v) is 10.2. The molecule has 19 heavy (non-hydrogen) atoms. The third-order valence-electron chi connectivity index (χ3n) is 2.64. The van der Waals surface area contributed by atoms with Gasteiger partial charge in [-0.3, -0.25) is 0 Å². The first-order valence-corrected chi connectivity index (χ1v) is 5.90. The van der Waals surface area contributed by atoms with E-state index in [2.05, 4.69) is 0 Å². The third kappa shape index (κ3) is 3.56. The number of aromatic carboxylic acids is 1. The second-order valence-electron chi connectivity index (χ2n) is 4.05. The van der Waals surface area contributed by atoms with Crippen LogP contribution < -0.4 is 4.74 Å². The first kappa shape index (κ1) is 13.1. The van der Waals surface area contributed by atoms with Crippen molar-refractivity contribution in [1.82, 2.24) is 0 Å². The summed E-state index contributed by atoms with van der Waals surface area (Å²) in [6.07, 6.45) is 0.606. The molecule has 0 aliphatic carbocycles. The van der Waals surface area contributed by atoms with Gasteiger partial charge in [-0.15, -0.1) is 0 Å². The van der Waals surface area contributed by atoms with Crippen molar-refractivity contribution >= 4 is 5.97 Å². The van der Waals surface area contributed by atoms with Crippen molar-refractivity contribution in [3.8, 4) is 11.5 Å². The minimum absolute atomic E-state index is 0.112. The molecule has 0 heterocycles. The van der Waals surface area contributed by atoms with E-state index in [1.165, 1.54) is 12.1 Å². The minimum Gasteiger partial charge on any atom is -0.478 e.